The maximum absolute atomic E-state index is 12.7. The second kappa shape index (κ2) is 8.84. The quantitative estimate of drug-likeness (QED) is 0.732. The van der Waals surface area contributed by atoms with Crippen LogP contribution < -0.4 is 10.6 Å². The summed E-state index contributed by atoms with van der Waals surface area (Å²) in [6.45, 7) is 5.82. The van der Waals surface area contributed by atoms with Gasteiger partial charge in [-0.2, -0.15) is 0 Å². The van der Waals surface area contributed by atoms with Gasteiger partial charge in [-0.05, 0) is 30.7 Å². The third-order valence-corrected chi connectivity index (χ3v) is 5.51. The van der Waals surface area contributed by atoms with Crippen molar-refractivity contribution < 1.29 is 9.59 Å². The van der Waals surface area contributed by atoms with E-state index in [1.807, 2.05) is 18.2 Å². The highest BCUT2D eigenvalue weighted by molar-refractivity contribution is 6.30. The van der Waals surface area contributed by atoms with Gasteiger partial charge in [-0.1, -0.05) is 23.7 Å². The molecule has 0 saturated carbocycles. The minimum atomic E-state index is -0.370. The maximum atomic E-state index is 12.7. The summed E-state index contributed by atoms with van der Waals surface area (Å²) in [5.74, 6) is -0.422. The van der Waals surface area contributed by atoms with Crippen LogP contribution in [0.25, 0.3) is 0 Å². The molecule has 142 valence electrons. The number of hydrogen-bond donors (Lipinski definition) is 2. The van der Waals surface area contributed by atoms with Crippen molar-refractivity contribution in [2.75, 3.05) is 46.3 Å². The lowest BCUT2D eigenvalue weighted by atomic mass is 9.93. The highest BCUT2D eigenvalue weighted by Crippen LogP contribution is 2.37. The van der Waals surface area contributed by atoms with Crippen LogP contribution in [0.2, 0.25) is 5.02 Å². The van der Waals surface area contributed by atoms with E-state index in [-0.39, 0.29) is 30.2 Å². The molecule has 6 nitrogen and oxygen atoms in total. The fraction of sp³-hybridized carbons (Fsp3) is 0.579. The number of rotatable bonds is 6. The zero-order valence-corrected chi connectivity index (χ0v) is 16.0. The van der Waals surface area contributed by atoms with Crippen molar-refractivity contribution in [1.82, 2.24) is 20.4 Å². The van der Waals surface area contributed by atoms with Crippen molar-refractivity contribution in [2.45, 2.75) is 18.9 Å². The summed E-state index contributed by atoms with van der Waals surface area (Å²) in [5, 5.41) is 6.98. The van der Waals surface area contributed by atoms with Crippen LogP contribution in [-0.2, 0) is 9.59 Å². The lowest BCUT2D eigenvalue weighted by Crippen LogP contribution is -2.44. The van der Waals surface area contributed by atoms with Crippen LogP contribution in [-0.4, -0.2) is 67.9 Å². The van der Waals surface area contributed by atoms with Crippen molar-refractivity contribution >= 4 is 23.4 Å². The second-order valence-corrected chi connectivity index (χ2v) is 7.49. The molecule has 2 atom stereocenters. The number of likely N-dealkylation sites (tertiary alicyclic amines) is 1. The van der Waals surface area contributed by atoms with Crippen LogP contribution in [0.3, 0.4) is 0 Å². The van der Waals surface area contributed by atoms with E-state index < -0.39 is 0 Å². The molecule has 2 aliphatic heterocycles. The first-order valence-electron chi connectivity index (χ1n) is 9.28. The molecule has 2 fully saturated rings. The number of piperazine rings is 1. The van der Waals surface area contributed by atoms with Gasteiger partial charge in [-0.25, -0.2) is 0 Å². The maximum Gasteiger partial charge on any atom is 0.226 e. The molecule has 1 aromatic rings. The zero-order chi connectivity index (χ0) is 18.5. The summed E-state index contributed by atoms with van der Waals surface area (Å²) in [7, 11) is 1.76. The molecular formula is C19H27ClN4O2. The Kier molecular flexibility index (Phi) is 6.51. The second-order valence-electron chi connectivity index (χ2n) is 7.05. The number of nitrogens with one attached hydrogen (secondary N) is 2. The van der Waals surface area contributed by atoms with Crippen LogP contribution in [0.4, 0.5) is 0 Å². The minimum Gasteiger partial charge on any atom is -0.356 e. The van der Waals surface area contributed by atoms with Gasteiger partial charge in [0.2, 0.25) is 11.8 Å². The number of nitrogens with zero attached hydrogens (tertiary/aromatic N) is 2. The topological polar surface area (TPSA) is 64.7 Å². The average molecular weight is 379 g/mol. The minimum absolute atomic E-state index is 0.00376. The van der Waals surface area contributed by atoms with Crippen LogP contribution in [0.15, 0.2) is 24.3 Å². The third kappa shape index (κ3) is 4.55. The number of halogens is 1. The Morgan fingerprint density at radius 3 is 2.85 bits per heavy atom. The molecule has 2 heterocycles. The lowest BCUT2D eigenvalue weighted by Gasteiger charge is -2.27. The van der Waals surface area contributed by atoms with E-state index in [1.165, 1.54) is 0 Å². The summed E-state index contributed by atoms with van der Waals surface area (Å²) >= 11 is 6.10. The molecule has 2 unspecified atom stereocenters. The van der Waals surface area contributed by atoms with Gasteiger partial charge < -0.3 is 20.4 Å². The molecule has 7 heteroatoms. The predicted molar refractivity (Wildman–Crippen MR) is 102 cm³/mol. The van der Waals surface area contributed by atoms with E-state index in [0.717, 1.165) is 44.7 Å². The van der Waals surface area contributed by atoms with Gasteiger partial charge >= 0.3 is 0 Å². The number of amides is 2. The molecule has 2 aliphatic rings. The van der Waals surface area contributed by atoms with Crippen molar-refractivity contribution in [3.05, 3.63) is 34.9 Å². The molecule has 0 radical (unpaired) electrons. The molecule has 0 aliphatic carbocycles. The molecule has 0 spiro atoms. The van der Waals surface area contributed by atoms with E-state index in [4.69, 9.17) is 11.6 Å². The summed E-state index contributed by atoms with van der Waals surface area (Å²) in [6, 6.07) is 7.17. The van der Waals surface area contributed by atoms with E-state index in [9.17, 15) is 9.59 Å². The molecule has 2 amide bonds. The smallest absolute Gasteiger partial charge is 0.226 e. The number of hydrogen-bond acceptors (Lipinski definition) is 4. The highest BCUT2D eigenvalue weighted by Gasteiger charge is 2.42. The molecule has 0 aromatic heterocycles. The summed E-state index contributed by atoms with van der Waals surface area (Å²) in [6.07, 6.45) is 1.17. The highest BCUT2D eigenvalue weighted by atomic mass is 35.5. The Morgan fingerprint density at radius 1 is 1.35 bits per heavy atom. The Labute approximate surface area is 159 Å². The Bertz CT molecular complexity index is 648. The Morgan fingerprint density at radius 2 is 2.12 bits per heavy atom. The molecule has 2 N–H and O–H groups in total. The summed E-state index contributed by atoms with van der Waals surface area (Å²) in [5.41, 5.74) is 0.909. The van der Waals surface area contributed by atoms with E-state index in [1.54, 1.807) is 18.0 Å². The van der Waals surface area contributed by atoms with Crippen LogP contribution in [0.5, 0.6) is 0 Å². The largest absolute Gasteiger partial charge is 0.356 e. The first-order valence-corrected chi connectivity index (χ1v) is 9.66. The molecule has 26 heavy (non-hydrogen) atoms. The van der Waals surface area contributed by atoms with Gasteiger partial charge in [0, 0.05) is 51.2 Å². The normalized spacial score (nSPS) is 24.1. The van der Waals surface area contributed by atoms with Gasteiger partial charge in [0.05, 0.1) is 12.0 Å². The summed E-state index contributed by atoms with van der Waals surface area (Å²) in [4.78, 5) is 29.0. The fourth-order valence-corrected chi connectivity index (χ4v) is 4.03. The first kappa shape index (κ1) is 19.1. The molecule has 3 rings (SSSR count). The number of carbonyl (C=O) groups excluding carboxylic acids is 2. The van der Waals surface area contributed by atoms with Crippen LogP contribution >= 0.6 is 11.6 Å². The Balaban J connectivity index is 1.55. The third-order valence-electron chi connectivity index (χ3n) is 5.27. The standard InChI is InChI=1S/C19H27ClN4O2/c1-23-17(25)13-16(18(23)14-4-2-5-15(20)12-14)19(26)22-6-3-9-24-10-7-21-8-11-24/h2,4-5,12,16,18,21H,3,6-11,13H2,1H3,(H,22,26). The fourth-order valence-electron chi connectivity index (χ4n) is 3.83. The van der Waals surface area contributed by atoms with Crippen molar-refractivity contribution in [3.8, 4) is 0 Å². The van der Waals surface area contributed by atoms with Gasteiger partial charge in [-0.15, -0.1) is 0 Å². The van der Waals surface area contributed by atoms with Crippen molar-refractivity contribution in [1.29, 1.82) is 0 Å². The van der Waals surface area contributed by atoms with Crippen LogP contribution in [0.1, 0.15) is 24.4 Å². The number of benzene rings is 1. The molecule has 1 aromatic carbocycles. The number of carbonyl (C=O) groups is 2. The molecular weight excluding hydrogens is 352 g/mol. The predicted octanol–water partition coefficient (Wildman–Crippen LogP) is 1.27. The van der Waals surface area contributed by atoms with Gasteiger partial charge in [0.15, 0.2) is 0 Å². The van der Waals surface area contributed by atoms with Gasteiger partial charge in [0.25, 0.3) is 0 Å². The zero-order valence-electron chi connectivity index (χ0n) is 15.2. The van der Waals surface area contributed by atoms with E-state index in [2.05, 4.69) is 15.5 Å². The molecule has 0 bridgehead atoms. The Hall–Kier alpha value is -1.63. The van der Waals surface area contributed by atoms with Crippen molar-refractivity contribution in [3.63, 3.8) is 0 Å². The van der Waals surface area contributed by atoms with Gasteiger partial charge in [-0.3, -0.25) is 9.59 Å². The first-order chi connectivity index (χ1) is 12.6. The molecule has 2 saturated heterocycles. The van der Waals surface area contributed by atoms with Crippen LogP contribution in [0, 0.1) is 5.92 Å². The monoisotopic (exact) mass is 378 g/mol. The van der Waals surface area contributed by atoms with E-state index >= 15 is 0 Å². The SMILES string of the molecule is CN1C(=O)CC(C(=O)NCCCN2CCNCC2)C1c1cccc(Cl)c1. The average Bonchev–Trinajstić information content (AvgIpc) is 2.94. The van der Waals surface area contributed by atoms with E-state index in [0.29, 0.717) is 11.6 Å². The summed E-state index contributed by atoms with van der Waals surface area (Å²) < 4.78 is 0. The van der Waals surface area contributed by atoms with Crippen molar-refractivity contribution in [2.24, 2.45) is 5.92 Å². The van der Waals surface area contributed by atoms with Gasteiger partial charge in [0.1, 0.15) is 0 Å². The lowest BCUT2D eigenvalue weighted by molar-refractivity contribution is -0.128.